The summed E-state index contributed by atoms with van der Waals surface area (Å²) in [5, 5.41) is 2.83. The molecule has 0 bridgehead atoms. The van der Waals surface area contributed by atoms with Crippen molar-refractivity contribution in [2.75, 3.05) is 6.61 Å². The monoisotopic (exact) mass is 334 g/mol. The molecule has 0 aliphatic heterocycles. The molecule has 5 heteroatoms. The highest BCUT2D eigenvalue weighted by atomic mass is 16.5. The van der Waals surface area contributed by atoms with Gasteiger partial charge < -0.3 is 14.8 Å². The van der Waals surface area contributed by atoms with Crippen LogP contribution in [-0.4, -0.2) is 17.5 Å². The molecule has 0 radical (unpaired) electrons. The van der Waals surface area contributed by atoms with E-state index in [0.29, 0.717) is 23.9 Å². The molecule has 2 aromatic carbocycles. The Morgan fingerprint density at radius 2 is 1.72 bits per heavy atom. The maximum Gasteiger partial charge on any atom is 0.258 e. The summed E-state index contributed by atoms with van der Waals surface area (Å²) < 4.78 is 11.1. The predicted octanol–water partition coefficient (Wildman–Crippen LogP) is 3.57. The van der Waals surface area contributed by atoms with Gasteiger partial charge in [-0.15, -0.1) is 0 Å². The van der Waals surface area contributed by atoms with Crippen molar-refractivity contribution in [3.05, 3.63) is 84.6 Å². The van der Waals surface area contributed by atoms with E-state index >= 15 is 0 Å². The van der Waals surface area contributed by atoms with Crippen LogP contribution in [0.1, 0.15) is 5.56 Å². The minimum atomic E-state index is -0.181. The number of nitrogens with zero attached hydrogens (tertiary/aromatic N) is 1. The van der Waals surface area contributed by atoms with Gasteiger partial charge in [0, 0.05) is 18.8 Å². The van der Waals surface area contributed by atoms with Gasteiger partial charge in [0.25, 0.3) is 5.91 Å². The van der Waals surface area contributed by atoms with Crippen molar-refractivity contribution in [2.45, 2.75) is 6.54 Å². The van der Waals surface area contributed by atoms with Crippen molar-refractivity contribution in [1.82, 2.24) is 10.3 Å². The maximum absolute atomic E-state index is 11.9. The smallest absolute Gasteiger partial charge is 0.258 e. The first kappa shape index (κ1) is 16.5. The zero-order chi connectivity index (χ0) is 17.3. The van der Waals surface area contributed by atoms with Crippen LogP contribution in [0.3, 0.4) is 0 Å². The summed E-state index contributed by atoms with van der Waals surface area (Å²) in [5.74, 6) is 1.69. The summed E-state index contributed by atoms with van der Waals surface area (Å²) in [6.07, 6.45) is 1.67. The molecule has 0 saturated carbocycles. The second-order valence-electron chi connectivity index (χ2n) is 5.30. The van der Waals surface area contributed by atoms with E-state index in [1.165, 1.54) is 0 Å². The number of rotatable bonds is 7. The van der Waals surface area contributed by atoms with Gasteiger partial charge in [-0.25, -0.2) is 4.98 Å². The molecule has 126 valence electrons. The second-order valence-corrected chi connectivity index (χ2v) is 5.30. The molecule has 25 heavy (non-hydrogen) atoms. The Kier molecular flexibility index (Phi) is 5.61. The highest BCUT2D eigenvalue weighted by molar-refractivity contribution is 5.77. The maximum atomic E-state index is 11.9. The number of nitrogens with one attached hydrogen (secondary N) is 1. The first-order valence-corrected chi connectivity index (χ1v) is 7.92. The molecule has 5 nitrogen and oxygen atoms in total. The van der Waals surface area contributed by atoms with E-state index in [0.717, 1.165) is 5.56 Å². The normalized spacial score (nSPS) is 10.1. The fourth-order valence-corrected chi connectivity index (χ4v) is 2.16. The molecule has 0 aliphatic rings. The predicted molar refractivity (Wildman–Crippen MR) is 94.5 cm³/mol. The minimum Gasteiger partial charge on any atom is -0.484 e. The van der Waals surface area contributed by atoms with Gasteiger partial charge in [0.05, 0.1) is 0 Å². The third kappa shape index (κ3) is 5.35. The Labute approximate surface area is 146 Å². The van der Waals surface area contributed by atoms with Crippen LogP contribution in [-0.2, 0) is 11.3 Å². The minimum absolute atomic E-state index is 0.0197. The van der Waals surface area contributed by atoms with Crippen molar-refractivity contribution in [3.8, 4) is 17.4 Å². The molecule has 1 N–H and O–H groups in total. The van der Waals surface area contributed by atoms with Crippen molar-refractivity contribution in [2.24, 2.45) is 0 Å². The average Bonchev–Trinajstić information content (AvgIpc) is 2.67. The number of benzene rings is 2. The van der Waals surface area contributed by atoms with Crippen LogP contribution in [0.15, 0.2) is 79.0 Å². The van der Waals surface area contributed by atoms with Gasteiger partial charge in [-0.05, 0) is 35.9 Å². The van der Waals surface area contributed by atoms with Crippen LogP contribution in [0, 0.1) is 0 Å². The van der Waals surface area contributed by atoms with E-state index in [1.807, 2.05) is 66.7 Å². The summed E-state index contributed by atoms with van der Waals surface area (Å²) in [5.41, 5.74) is 0.932. The number of carbonyl (C=O) groups excluding carboxylic acids is 1. The average molecular weight is 334 g/mol. The lowest BCUT2D eigenvalue weighted by Gasteiger charge is -2.09. The molecule has 0 saturated heterocycles. The van der Waals surface area contributed by atoms with Crippen molar-refractivity contribution >= 4 is 5.91 Å². The largest absolute Gasteiger partial charge is 0.484 e. The van der Waals surface area contributed by atoms with E-state index in [4.69, 9.17) is 9.47 Å². The van der Waals surface area contributed by atoms with Gasteiger partial charge in [-0.1, -0.05) is 36.4 Å². The Hall–Kier alpha value is -3.34. The van der Waals surface area contributed by atoms with Gasteiger partial charge in [-0.2, -0.15) is 0 Å². The topological polar surface area (TPSA) is 60.5 Å². The molecule has 0 unspecified atom stereocenters. The lowest BCUT2D eigenvalue weighted by atomic mass is 10.2. The summed E-state index contributed by atoms with van der Waals surface area (Å²) >= 11 is 0. The number of para-hydroxylation sites is 1. The Morgan fingerprint density at radius 1 is 0.920 bits per heavy atom. The van der Waals surface area contributed by atoms with Crippen LogP contribution >= 0.6 is 0 Å². The molecule has 1 aromatic heterocycles. The van der Waals surface area contributed by atoms with Gasteiger partial charge in [0.1, 0.15) is 11.5 Å². The van der Waals surface area contributed by atoms with Gasteiger partial charge in [0.15, 0.2) is 6.61 Å². The van der Waals surface area contributed by atoms with Crippen LogP contribution in [0.25, 0.3) is 0 Å². The highest BCUT2D eigenvalue weighted by Crippen LogP contribution is 2.19. The summed E-state index contributed by atoms with van der Waals surface area (Å²) in [4.78, 5) is 16.0. The van der Waals surface area contributed by atoms with Crippen LogP contribution in [0.2, 0.25) is 0 Å². The molecule has 1 amide bonds. The second kappa shape index (κ2) is 8.49. The molecule has 3 aromatic rings. The van der Waals surface area contributed by atoms with Crippen molar-refractivity contribution in [3.63, 3.8) is 0 Å². The summed E-state index contributed by atoms with van der Waals surface area (Å²) in [7, 11) is 0. The van der Waals surface area contributed by atoms with E-state index in [9.17, 15) is 4.79 Å². The van der Waals surface area contributed by atoms with Crippen molar-refractivity contribution in [1.29, 1.82) is 0 Å². The zero-order valence-electron chi connectivity index (χ0n) is 13.6. The SMILES string of the molecule is O=C(COc1ccccc1)NCc1cccc(Oc2ccccn2)c1. The standard InChI is InChI=1S/C20H18N2O3/c23-19(15-24-17-8-2-1-3-9-17)22-14-16-7-6-10-18(13-16)25-20-11-4-5-12-21-20/h1-13H,14-15H2,(H,22,23). The van der Waals surface area contributed by atoms with Crippen LogP contribution in [0.4, 0.5) is 0 Å². The first-order valence-electron chi connectivity index (χ1n) is 7.92. The third-order valence-electron chi connectivity index (χ3n) is 3.36. The Balaban J connectivity index is 1.49. The number of amides is 1. The quantitative estimate of drug-likeness (QED) is 0.717. The lowest BCUT2D eigenvalue weighted by molar-refractivity contribution is -0.123. The number of pyridine rings is 1. The molecule has 0 spiro atoms. The molecule has 0 fully saturated rings. The number of ether oxygens (including phenoxy) is 2. The van der Waals surface area contributed by atoms with E-state index < -0.39 is 0 Å². The van der Waals surface area contributed by atoms with Gasteiger partial charge in [0.2, 0.25) is 5.88 Å². The highest BCUT2D eigenvalue weighted by Gasteiger charge is 2.04. The molecule has 0 atom stereocenters. The Bertz CT molecular complexity index is 807. The lowest BCUT2D eigenvalue weighted by Crippen LogP contribution is -2.28. The Morgan fingerprint density at radius 3 is 2.52 bits per heavy atom. The number of carbonyl (C=O) groups is 1. The summed E-state index contributed by atoms with van der Waals surface area (Å²) in [6.45, 7) is 0.380. The van der Waals surface area contributed by atoms with Gasteiger partial charge >= 0.3 is 0 Å². The zero-order valence-corrected chi connectivity index (χ0v) is 13.6. The number of hydrogen-bond donors (Lipinski definition) is 1. The molecule has 1 heterocycles. The van der Waals surface area contributed by atoms with Crippen LogP contribution in [0.5, 0.6) is 17.4 Å². The first-order chi connectivity index (χ1) is 12.3. The van der Waals surface area contributed by atoms with Crippen LogP contribution < -0.4 is 14.8 Å². The third-order valence-corrected chi connectivity index (χ3v) is 3.36. The van der Waals surface area contributed by atoms with E-state index in [-0.39, 0.29) is 12.5 Å². The fraction of sp³-hybridized carbons (Fsp3) is 0.100. The number of aromatic nitrogens is 1. The number of hydrogen-bond acceptors (Lipinski definition) is 4. The molecule has 3 rings (SSSR count). The molecule has 0 aliphatic carbocycles. The van der Waals surface area contributed by atoms with E-state index in [2.05, 4.69) is 10.3 Å². The summed E-state index contributed by atoms with van der Waals surface area (Å²) in [6, 6.07) is 22.2. The molecular weight excluding hydrogens is 316 g/mol. The molecular formula is C20H18N2O3. The van der Waals surface area contributed by atoms with E-state index in [1.54, 1.807) is 12.3 Å². The van der Waals surface area contributed by atoms with Gasteiger partial charge in [-0.3, -0.25) is 4.79 Å². The fourth-order valence-electron chi connectivity index (χ4n) is 2.16. The van der Waals surface area contributed by atoms with Crippen molar-refractivity contribution < 1.29 is 14.3 Å².